The minimum Gasteiger partial charge on any atom is -0.454 e. The lowest BCUT2D eigenvalue weighted by atomic mass is 9.99. The largest absolute Gasteiger partial charge is 0.454 e. The van der Waals surface area contributed by atoms with Gasteiger partial charge in [-0.05, 0) is 77.0 Å². The summed E-state index contributed by atoms with van der Waals surface area (Å²) in [5.74, 6) is -1.21. The quantitative estimate of drug-likeness (QED) is 0.0149. The van der Waals surface area contributed by atoms with E-state index in [0.717, 1.165) is 96.3 Å². The third-order valence-corrected chi connectivity index (χ3v) is 13.2. The van der Waals surface area contributed by atoms with Gasteiger partial charge in [0.25, 0.3) is 0 Å². The highest BCUT2D eigenvalue weighted by molar-refractivity contribution is 5.80. The van der Waals surface area contributed by atoms with Crippen molar-refractivity contribution in [2.75, 3.05) is 13.2 Å². The number of hydrogen-bond acceptors (Lipinski definition) is 10. The Morgan fingerprint density at radius 3 is 1.54 bits per heavy atom. The zero-order valence-corrected chi connectivity index (χ0v) is 44.2. The van der Waals surface area contributed by atoms with E-state index in [1.54, 1.807) is 6.08 Å². The van der Waals surface area contributed by atoms with Crippen molar-refractivity contribution in [2.45, 2.75) is 294 Å². The van der Waals surface area contributed by atoms with Crippen molar-refractivity contribution >= 4 is 11.9 Å². The topological polar surface area (TPSA) is 175 Å². The van der Waals surface area contributed by atoms with Crippen molar-refractivity contribution in [3.05, 3.63) is 48.6 Å². The first kappa shape index (κ1) is 64.6. The Kier molecular flexibility index (Phi) is 43.7. The van der Waals surface area contributed by atoms with Gasteiger partial charge in [0, 0.05) is 6.42 Å². The predicted molar refractivity (Wildman–Crippen MR) is 283 cm³/mol. The van der Waals surface area contributed by atoms with E-state index < -0.39 is 67.4 Å². The van der Waals surface area contributed by atoms with Crippen LogP contribution in [0.5, 0.6) is 0 Å². The van der Waals surface area contributed by atoms with Gasteiger partial charge in [-0.25, -0.2) is 0 Å². The molecule has 11 heteroatoms. The number of carbonyl (C=O) groups is 2. The van der Waals surface area contributed by atoms with Crippen LogP contribution in [-0.2, 0) is 23.8 Å². The highest BCUT2D eigenvalue weighted by Gasteiger charge is 2.47. The average molecular weight is 976 g/mol. The van der Waals surface area contributed by atoms with Crippen molar-refractivity contribution in [1.82, 2.24) is 5.32 Å². The molecule has 1 amide bonds. The number of allylic oxidation sites excluding steroid dienone is 7. The molecule has 0 bridgehead atoms. The number of esters is 1. The lowest BCUT2D eigenvalue weighted by Crippen LogP contribution is -2.61. The van der Waals surface area contributed by atoms with Crippen molar-refractivity contribution in [3.63, 3.8) is 0 Å². The predicted octanol–water partition coefficient (Wildman–Crippen LogP) is 12.5. The Labute approximate surface area is 421 Å². The maximum Gasteiger partial charge on any atom is 0.306 e. The van der Waals surface area contributed by atoms with Gasteiger partial charge in [0.15, 0.2) is 12.4 Å². The summed E-state index contributed by atoms with van der Waals surface area (Å²) in [7, 11) is 0. The molecular weight excluding hydrogens is 871 g/mol. The zero-order valence-electron chi connectivity index (χ0n) is 44.2. The fourth-order valence-corrected chi connectivity index (χ4v) is 8.64. The number of nitrogens with one attached hydrogen (secondary N) is 1. The van der Waals surface area contributed by atoms with Gasteiger partial charge in [0.05, 0.1) is 25.4 Å². The van der Waals surface area contributed by atoms with E-state index in [1.807, 2.05) is 6.08 Å². The molecule has 0 saturated carbocycles. The molecular formula is C58H105NO10. The van der Waals surface area contributed by atoms with Gasteiger partial charge in [-0.15, -0.1) is 0 Å². The summed E-state index contributed by atoms with van der Waals surface area (Å²) in [6.45, 7) is 5.71. The lowest BCUT2D eigenvalue weighted by Gasteiger charge is -2.41. The van der Waals surface area contributed by atoms with Crippen LogP contribution in [0.4, 0.5) is 0 Å². The summed E-state index contributed by atoms with van der Waals surface area (Å²) >= 11 is 0. The molecule has 0 aliphatic carbocycles. The van der Waals surface area contributed by atoms with Crippen LogP contribution in [0.1, 0.15) is 245 Å². The number of amides is 1. The molecule has 8 atom stereocenters. The molecule has 1 heterocycles. The average Bonchev–Trinajstić information content (AvgIpc) is 3.34. The zero-order chi connectivity index (χ0) is 50.4. The minimum atomic E-state index is -1.62. The number of aliphatic hydroxyl groups is 5. The van der Waals surface area contributed by atoms with E-state index >= 15 is 0 Å². The van der Waals surface area contributed by atoms with Crippen LogP contribution in [0.2, 0.25) is 0 Å². The molecule has 1 saturated heterocycles. The van der Waals surface area contributed by atoms with Crippen LogP contribution in [-0.4, -0.2) is 99.6 Å². The third kappa shape index (κ3) is 35.4. The molecule has 1 aliphatic rings. The van der Waals surface area contributed by atoms with E-state index in [-0.39, 0.29) is 19.4 Å². The van der Waals surface area contributed by atoms with E-state index in [1.165, 1.54) is 103 Å². The second-order valence-electron chi connectivity index (χ2n) is 19.7. The Balaban J connectivity index is 2.74. The van der Waals surface area contributed by atoms with Crippen LogP contribution >= 0.6 is 0 Å². The first-order valence-corrected chi connectivity index (χ1v) is 28.4. The Morgan fingerprint density at radius 1 is 0.565 bits per heavy atom. The maximum atomic E-state index is 13.3. The first-order valence-electron chi connectivity index (χ1n) is 28.4. The molecule has 8 unspecified atom stereocenters. The fraction of sp³-hybridized carbons (Fsp3) is 0.828. The number of carbonyl (C=O) groups excluding carboxylic acids is 2. The second-order valence-corrected chi connectivity index (χ2v) is 19.7. The third-order valence-electron chi connectivity index (χ3n) is 13.2. The van der Waals surface area contributed by atoms with Crippen molar-refractivity contribution in [2.24, 2.45) is 0 Å². The molecule has 11 nitrogen and oxygen atoms in total. The van der Waals surface area contributed by atoms with E-state index in [0.29, 0.717) is 12.8 Å². The first-order chi connectivity index (χ1) is 33.7. The SMILES string of the molecule is CCCCC/C=C/C=C/CCCCCCCCC(=O)OC1C(OCC(NC(=O)C(O)CCCCCCCC/C=C\CCCCCC)C(O)/C=C/CCCCCCCCCCC)OC(CO)C(O)C1O. The summed E-state index contributed by atoms with van der Waals surface area (Å²) in [5.41, 5.74) is 0. The van der Waals surface area contributed by atoms with Gasteiger partial charge in [-0.3, -0.25) is 9.59 Å². The summed E-state index contributed by atoms with van der Waals surface area (Å²) in [6, 6.07) is -1.03. The number of ether oxygens (including phenoxy) is 3. The molecule has 0 spiro atoms. The molecule has 1 fully saturated rings. The maximum absolute atomic E-state index is 13.3. The molecule has 1 rings (SSSR count). The molecule has 1 aliphatic heterocycles. The molecule has 69 heavy (non-hydrogen) atoms. The number of aliphatic hydroxyl groups excluding tert-OH is 5. The van der Waals surface area contributed by atoms with Crippen molar-refractivity contribution in [3.8, 4) is 0 Å². The van der Waals surface area contributed by atoms with Gasteiger partial charge in [0.1, 0.15) is 24.4 Å². The summed E-state index contributed by atoms with van der Waals surface area (Å²) in [6.07, 6.45) is 44.3. The highest BCUT2D eigenvalue weighted by atomic mass is 16.7. The normalized spacial score (nSPS) is 20.1. The Hall–Kier alpha value is -2.38. The van der Waals surface area contributed by atoms with Gasteiger partial charge >= 0.3 is 5.97 Å². The van der Waals surface area contributed by atoms with Crippen LogP contribution < -0.4 is 5.32 Å². The van der Waals surface area contributed by atoms with Crippen LogP contribution in [0.25, 0.3) is 0 Å². The number of unbranched alkanes of at least 4 members (excludes halogenated alkanes) is 28. The molecule has 0 radical (unpaired) electrons. The molecule has 0 aromatic rings. The van der Waals surface area contributed by atoms with E-state index in [4.69, 9.17) is 14.2 Å². The van der Waals surface area contributed by atoms with E-state index in [9.17, 15) is 35.1 Å². The number of hydrogen-bond donors (Lipinski definition) is 6. The standard InChI is InChI=1S/C58H105NO10/c1-4-7-10-13-16-19-22-24-26-28-31-34-37-40-43-46-53(63)69-56-55(65)54(64)52(47-60)68-58(56)67-48-49(50(61)44-41-38-35-32-29-21-18-15-12-9-6-3)59-57(66)51(62)45-42-39-36-33-30-27-25-23-20-17-14-11-8-5-2/h16,19-20,22-24,41,44,49-52,54-56,58,60-62,64-65H,4-15,17-18,21,25-40,42-43,45-48H2,1-3H3,(H,59,66)/b19-16+,23-20-,24-22+,44-41+. The summed E-state index contributed by atoms with van der Waals surface area (Å²) < 4.78 is 17.5. The van der Waals surface area contributed by atoms with Gasteiger partial charge < -0.3 is 45.1 Å². The summed E-state index contributed by atoms with van der Waals surface area (Å²) in [5, 5.41) is 56.7. The van der Waals surface area contributed by atoms with Gasteiger partial charge in [-0.2, -0.15) is 0 Å². The molecule has 402 valence electrons. The molecule has 6 N–H and O–H groups in total. The smallest absolute Gasteiger partial charge is 0.306 e. The Morgan fingerprint density at radius 2 is 1.00 bits per heavy atom. The van der Waals surface area contributed by atoms with Crippen molar-refractivity contribution < 1.29 is 49.3 Å². The molecule has 0 aromatic carbocycles. The van der Waals surface area contributed by atoms with Crippen LogP contribution in [0.3, 0.4) is 0 Å². The fourth-order valence-electron chi connectivity index (χ4n) is 8.64. The number of rotatable bonds is 47. The highest BCUT2D eigenvalue weighted by Crippen LogP contribution is 2.26. The second kappa shape index (κ2) is 46.7. The van der Waals surface area contributed by atoms with Crippen LogP contribution in [0.15, 0.2) is 48.6 Å². The minimum absolute atomic E-state index is 0.110. The lowest BCUT2D eigenvalue weighted by molar-refractivity contribution is -0.305. The van der Waals surface area contributed by atoms with Gasteiger partial charge in [-0.1, -0.05) is 211 Å². The Bertz CT molecular complexity index is 1300. The monoisotopic (exact) mass is 976 g/mol. The van der Waals surface area contributed by atoms with Crippen LogP contribution in [0, 0.1) is 0 Å². The van der Waals surface area contributed by atoms with E-state index in [2.05, 4.69) is 62.5 Å². The van der Waals surface area contributed by atoms with Crippen molar-refractivity contribution in [1.29, 1.82) is 0 Å². The van der Waals surface area contributed by atoms with Gasteiger partial charge in [0.2, 0.25) is 5.91 Å². The molecule has 0 aromatic heterocycles. The summed E-state index contributed by atoms with van der Waals surface area (Å²) in [4.78, 5) is 26.4.